The van der Waals surface area contributed by atoms with Crippen LogP contribution in [0.5, 0.6) is 0 Å². The third kappa shape index (κ3) is 3.45. The number of methoxy groups -OCH3 is 1. The minimum absolute atomic E-state index is 0.102. The number of carbonyl (C=O) groups is 2. The van der Waals surface area contributed by atoms with Crippen LogP contribution in [-0.2, 0) is 4.74 Å². The molecule has 108 valence electrons. The summed E-state index contributed by atoms with van der Waals surface area (Å²) >= 11 is 0. The number of ether oxygens (including phenoxy) is 1. The number of pyridine rings is 1. The monoisotopic (exact) mass is 284 g/mol. The molecular weight excluding hydrogens is 268 g/mol. The second-order valence-electron chi connectivity index (χ2n) is 4.65. The van der Waals surface area contributed by atoms with Gasteiger partial charge < -0.3 is 10.1 Å². The Hall–Kier alpha value is -2.69. The van der Waals surface area contributed by atoms with Crippen molar-refractivity contribution < 1.29 is 14.3 Å². The van der Waals surface area contributed by atoms with Gasteiger partial charge in [-0.25, -0.2) is 9.78 Å². The molecule has 0 aliphatic rings. The van der Waals surface area contributed by atoms with Crippen LogP contribution in [-0.4, -0.2) is 24.0 Å². The summed E-state index contributed by atoms with van der Waals surface area (Å²) in [5.41, 5.74) is 3.19. The van der Waals surface area contributed by atoms with Crippen molar-refractivity contribution >= 4 is 17.6 Å². The lowest BCUT2D eigenvalue weighted by molar-refractivity contribution is 0.0594. The van der Waals surface area contributed by atoms with Gasteiger partial charge in [0.1, 0.15) is 11.4 Å². The lowest BCUT2D eigenvalue weighted by Gasteiger charge is -2.08. The zero-order valence-corrected chi connectivity index (χ0v) is 12.1. The molecule has 0 saturated heterocycles. The summed E-state index contributed by atoms with van der Waals surface area (Å²) in [6, 6.07) is 10.3. The van der Waals surface area contributed by atoms with Crippen LogP contribution >= 0.6 is 0 Å². The molecule has 1 aromatic carbocycles. The Bertz CT molecular complexity index is 696. The lowest BCUT2D eigenvalue weighted by Crippen LogP contribution is -2.16. The van der Waals surface area contributed by atoms with Gasteiger partial charge in [-0.15, -0.1) is 0 Å². The first-order valence-corrected chi connectivity index (χ1v) is 6.45. The van der Waals surface area contributed by atoms with Crippen LogP contribution in [0.4, 0.5) is 5.69 Å². The van der Waals surface area contributed by atoms with Gasteiger partial charge in [0.15, 0.2) is 0 Å². The average Bonchev–Trinajstić information content (AvgIpc) is 2.50. The third-order valence-corrected chi connectivity index (χ3v) is 3.14. The van der Waals surface area contributed by atoms with Crippen LogP contribution in [0.3, 0.4) is 0 Å². The summed E-state index contributed by atoms with van der Waals surface area (Å²) in [7, 11) is 1.27. The molecule has 0 fully saturated rings. The van der Waals surface area contributed by atoms with E-state index in [-0.39, 0.29) is 17.3 Å². The number of nitrogens with one attached hydrogen (secondary N) is 1. The summed E-state index contributed by atoms with van der Waals surface area (Å²) in [5.74, 6) is -0.945. The number of nitrogens with zero attached hydrogens (tertiary/aromatic N) is 1. The molecule has 0 atom stereocenters. The van der Waals surface area contributed by atoms with Crippen molar-refractivity contribution in [1.29, 1.82) is 0 Å². The largest absolute Gasteiger partial charge is 0.464 e. The molecule has 1 N–H and O–H groups in total. The zero-order chi connectivity index (χ0) is 15.4. The van der Waals surface area contributed by atoms with Crippen LogP contribution in [0.1, 0.15) is 32.1 Å². The van der Waals surface area contributed by atoms with Gasteiger partial charge in [-0.2, -0.15) is 0 Å². The Labute approximate surface area is 123 Å². The number of amides is 1. The fourth-order valence-corrected chi connectivity index (χ4v) is 1.79. The van der Waals surface area contributed by atoms with Crippen molar-refractivity contribution in [3.05, 3.63) is 58.9 Å². The molecule has 0 saturated carbocycles. The van der Waals surface area contributed by atoms with Crippen molar-refractivity contribution in [2.45, 2.75) is 13.8 Å². The predicted molar refractivity (Wildman–Crippen MR) is 79.4 cm³/mol. The summed E-state index contributed by atoms with van der Waals surface area (Å²) in [6.45, 7) is 3.98. The molecule has 0 aliphatic carbocycles. The molecule has 0 bridgehead atoms. The highest BCUT2D eigenvalue weighted by Crippen LogP contribution is 2.15. The fraction of sp³-hybridized carbons (Fsp3) is 0.188. The first-order valence-electron chi connectivity index (χ1n) is 6.45. The topological polar surface area (TPSA) is 68.3 Å². The number of hydrogen-bond acceptors (Lipinski definition) is 4. The number of benzene rings is 1. The molecule has 5 nitrogen and oxygen atoms in total. The molecule has 0 radical (unpaired) electrons. The van der Waals surface area contributed by atoms with Gasteiger partial charge in [0.25, 0.3) is 5.91 Å². The van der Waals surface area contributed by atoms with Gasteiger partial charge in [0, 0.05) is 5.69 Å². The molecule has 2 aromatic rings. The van der Waals surface area contributed by atoms with Gasteiger partial charge in [0.2, 0.25) is 0 Å². The van der Waals surface area contributed by atoms with Crippen molar-refractivity contribution in [1.82, 2.24) is 4.98 Å². The van der Waals surface area contributed by atoms with Crippen molar-refractivity contribution in [2.75, 3.05) is 12.4 Å². The molecule has 2 rings (SSSR count). The quantitative estimate of drug-likeness (QED) is 0.880. The number of rotatable bonds is 3. The van der Waals surface area contributed by atoms with Crippen LogP contribution in [0.15, 0.2) is 36.4 Å². The molecular formula is C16H16N2O3. The smallest absolute Gasteiger partial charge is 0.356 e. The van der Waals surface area contributed by atoms with Gasteiger partial charge in [-0.1, -0.05) is 12.1 Å². The van der Waals surface area contributed by atoms with Gasteiger partial charge in [-0.05, 0) is 49.2 Å². The average molecular weight is 284 g/mol. The molecule has 1 amide bonds. The molecule has 0 unspecified atom stereocenters. The van der Waals surface area contributed by atoms with E-state index in [4.69, 9.17) is 0 Å². The summed E-state index contributed by atoms with van der Waals surface area (Å²) in [6.07, 6.45) is 0. The van der Waals surface area contributed by atoms with E-state index < -0.39 is 5.97 Å². The maximum Gasteiger partial charge on any atom is 0.356 e. The molecule has 21 heavy (non-hydrogen) atoms. The first-order chi connectivity index (χ1) is 10.0. The second-order valence-corrected chi connectivity index (χ2v) is 4.65. The lowest BCUT2D eigenvalue weighted by atomic mass is 10.1. The van der Waals surface area contributed by atoms with E-state index in [1.54, 1.807) is 12.1 Å². The maximum atomic E-state index is 12.1. The summed E-state index contributed by atoms with van der Waals surface area (Å²) < 4.78 is 4.59. The SMILES string of the molecule is COC(=O)c1cccc(C(=O)Nc2ccc(C)c(C)c2)n1. The molecule has 5 heteroatoms. The van der Waals surface area contributed by atoms with Crippen molar-refractivity contribution in [3.8, 4) is 0 Å². The second kappa shape index (κ2) is 6.17. The Morgan fingerprint density at radius 3 is 2.43 bits per heavy atom. The van der Waals surface area contributed by atoms with Crippen LogP contribution in [0.25, 0.3) is 0 Å². The number of aromatic nitrogens is 1. The Morgan fingerprint density at radius 1 is 1.05 bits per heavy atom. The van der Waals surface area contributed by atoms with E-state index in [0.717, 1.165) is 11.1 Å². The van der Waals surface area contributed by atoms with Crippen LogP contribution in [0.2, 0.25) is 0 Å². The highest BCUT2D eigenvalue weighted by molar-refractivity contribution is 6.03. The van der Waals surface area contributed by atoms with Crippen molar-refractivity contribution in [2.24, 2.45) is 0 Å². The van der Waals surface area contributed by atoms with Crippen LogP contribution < -0.4 is 5.32 Å². The minimum atomic E-state index is -0.573. The molecule has 1 heterocycles. The molecule has 0 spiro atoms. The van der Waals surface area contributed by atoms with Gasteiger partial charge >= 0.3 is 5.97 Å². The standard InChI is InChI=1S/C16H16N2O3/c1-10-7-8-12(9-11(10)2)17-15(19)13-5-4-6-14(18-13)16(20)21-3/h4-9H,1-3H3,(H,17,19). The van der Waals surface area contributed by atoms with E-state index in [0.29, 0.717) is 5.69 Å². The Kier molecular flexibility index (Phi) is 4.33. The number of carbonyl (C=O) groups excluding carboxylic acids is 2. The predicted octanol–water partition coefficient (Wildman–Crippen LogP) is 2.74. The number of hydrogen-bond donors (Lipinski definition) is 1. The minimum Gasteiger partial charge on any atom is -0.464 e. The highest BCUT2D eigenvalue weighted by atomic mass is 16.5. The normalized spacial score (nSPS) is 10.0. The molecule has 0 aliphatic heterocycles. The van der Waals surface area contributed by atoms with E-state index in [1.807, 2.05) is 32.0 Å². The maximum absolute atomic E-state index is 12.1. The number of anilines is 1. The van der Waals surface area contributed by atoms with E-state index in [2.05, 4.69) is 15.0 Å². The van der Waals surface area contributed by atoms with Gasteiger partial charge in [0.05, 0.1) is 7.11 Å². The fourth-order valence-electron chi connectivity index (χ4n) is 1.79. The van der Waals surface area contributed by atoms with E-state index in [9.17, 15) is 9.59 Å². The third-order valence-electron chi connectivity index (χ3n) is 3.14. The summed E-state index contributed by atoms with van der Waals surface area (Å²) in [4.78, 5) is 27.6. The Balaban J connectivity index is 2.20. The van der Waals surface area contributed by atoms with Crippen LogP contribution in [0, 0.1) is 13.8 Å². The number of aryl methyl sites for hydroxylation is 2. The van der Waals surface area contributed by atoms with Gasteiger partial charge in [-0.3, -0.25) is 4.79 Å². The number of esters is 1. The molecule has 1 aromatic heterocycles. The first kappa shape index (κ1) is 14.7. The Morgan fingerprint density at radius 2 is 1.76 bits per heavy atom. The highest BCUT2D eigenvalue weighted by Gasteiger charge is 2.12. The van der Waals surface area contributed by atoms with E-state index >= 15 is 0 Å². The van der Waals surface area contributed by atoms with Crippen molar-refractivity contribution in [3.63, 3.8) is 0 Å². The van der Waals surface area contributed by atoms with E-state index in [1.165, 1.54) is 13.2 Å². The summed E-state index contributed by atoms with van der Waals surface area (Å²) in [5, 5.41) is 2.76. The zero-order valence-electron chi connectivity index (χ0n) is 12.1.